The number of esters is 1. The highest BCUT2D eigenvalue weighted by Crippen LogP contribution is 2.34. The number of rotatable bonds is 4. The number of hydrogen-bond acceptors (Lipinski definition) is 6. The molecule has 7 nitrogen and oxygen atoms in total. The maximum Gasteiger partial charge on any atom is 0.338 e. The van der Waals surface area contributed by atoms with Gasteiger partial charge in [-0.2, -0.15) is 4.68 Å². The van der Waals surface area contributed by atoms with Gasteiger partial charge in [0, 0.05) is 5.70 Å². The molecule has 118 valence electrons. The van der Waals surface area contributed by atoms with Crippen LogP contribution in [0.2, 0.25) is 0 Å². The van der Waals surface area contributed by atoms with Gasteiger partial charge in [-0.05, 0) is 35.0 Å². The molecule has 0 saturated heterocycles. The fraction of sp³-hybridized carbons (Fsp3) is 0.200. The van der Waals surface area contributed by atoms with Gasteiger partial charge in [-0.3, -0.25) is 0 Å². The van der Waals surface area contributed by atoms with Gasteiger partial charge in [0.05, 0.1) is 5.57 Å². The normalized spacial score (nSPS) is 16.5. The van der Waals surface area contributed by atoms with Crippen molar-refractivity contribution < 1.29 is 13.9 Å². The van der Waals surface area contributed by atoms with Crippen molar-refractivity contribution in [1.29, 1.82) is 0 Å². The zero-order valence-electron chi connectivity index (χ0n) is 12.4. The number of nitrogens with one attached hydrogen (secondary N) is 1. The molecule has 0 amide bonds. The van der Waals surface area contributed by atoms with Gasteiger partial charge in [0.15, 0.2) is 0 Å². The van der Waals surface area contributed by atoms with E-state index < -0.39 is 12.0 Å². The van der Waals surface area contributed by atoms with Crippen LogP contribution in [0.4, 0.5) is 10.3 Å². The van der Waals surface area contributed by atoms with E-state index in [4.69, 9.17) is 4.74 Å². The number of carbonyl (C=O) groups is 1. The number of hydrogen-bond donors (Lipinski definition) is 1. The van der Waals surface area contributed by atoms with Gasteiger partial charge >= 0.3 is 5.97 Å². The van der Waals surface area contributed by atoms with Crippen LogP contribution >= 0.6 is 0 Å². The number of fused-ring (bicyclic) bond motifs is 1. The number of carbonyl (C=O) groups excluding carboxylic acids is 1. The molecule has 1 aromatic heterocycles. The molecule has 0 fully saturated rings. The van der Waals surface area contributed by atoms with Crippen molar-refractivity contribution in [3.8, 4) is 0 Å². The van der Waals surface area contributed by atoms with Crippen LogP contribution in [-0.2, 0) is 9.53 Å². The number of tetrazole rings is 1. The third kappa shape index (κ3) is 2.70. The summed E-state index contributed by atoms with van der Waals surface area (Å²) in [6, 6.07) is 5.22. The smallest absolute Gasteiger partial charge is 0.338 e. The summed E-state index contributed by atoms with van der Waals surface area (Å²) in [5, 5.41) is 14.4. The molecule has 1 aromatic carbocycles. The van der Waals surface area contributed by atoms with Crippen LogP contribution in [-0.4, -0.2) is 32.8 Å². The Kier molecular flexibility index (Phi) is 3.88. The first kappa shape index (κ1) is 14.9. The highest BCUT2D eigenvalue weighted by molar-refractivity contribution is 5.92. The van der Waals surface area contributed by atoms with E-state index in [0.717, 1.165) is 0 Å². The molecule has 1 N–H and O–H groups in total. The average molecular weight is 315 g/mol. The van der Waals surface area contributed by atoms with Crippen molar-refractivity contribution in [2.45, 2.75) is 13.0 Å². The minimum absolute atomic E-state index is 0.0915. The number of nitrogens with zero attached hydrogens (tertiary/aromatic N) is 4. The molecule has 8 heteroatoms. The van der Waals surface area contributed by atoms with Crippen LogP contribution in [0, 0.1) is 5.82 Å². The van der Waals surface area contributed by atoms with Crippen LogP contribution < -0.4 is 5.32 Å². The zero-order chi connectivity index (χ0) is 16.4. The highest BCUT2D eigenvalue weighted by atomic mass is 19.1. The van der Waals surface area contributed by atoms with E-state index in [2.05, 4.69) is 27.4 Å². The summed E-state index contributed by atoms with van der Waals surface area (Å²) in [6.07, 6.45) is 1.49. The van der Waals surface area contributed by atoms with E-state index in [1.807, 2.05) is 0 Å². The second-order valence-electron chi connectivity index (χ2n) is 4.95. The summed E-state index contributed by atoms with van der Waals surface area (Å²) in [5.41, 5.74) is 1.61. The lowest BCUT2D eigenvalue weighted by Gasteiger charge is -2.27. The van der Waals surface area contributed by atoms with Crippen molar-refractivity contribution >= 4 is 11.9 Å². The van der Waals surface area contributed by atoms with Gasteiger partial charge in [-0.1, -0.05) is 29.9 Å². The highest BCUT2D eigenvalue weighted by Gasteiger charge is 2.34. The van der Waals surface area contributed by atoms with Crippen LogP contribution in [0.3, 0.4) is 0 Å². The number of benzene rings is 1. The predicted molar refractivity (Wildman–Crippen MR) is 79.8 cm³/mol. The zero-order valence-corrected chi connectivity index (χ0v) is 12.4. The molecule has 3 rings (SSSR count). The van der Waals surface area contributed by atoms with E-state index in [1.165, 1.54) is 22.9 Å². The molecule has 0 unspecified atom stereocenters. The molecule has 2 aromatic rings. The Morgan fingerprint density at radius 2 is 2.22 bits per heavy atom. The standard InChI is InChI=1S/C15H14FN5O2/c1-3-8-23-14(22)12-9(2)17-15-18-19-20-21(15)13(12)10-4-6-11(16)7-5-10/h3-7,13H,1,8H2,2H3,(H,17,18,20)/t13-/m1/s1. The second kappa shape index (κ2) is 5.99. The van der Waals surface area contributed by atoms with Crippen LogP contribution in [0.5, 0.6) is 0 Å². The third-order valence-electron chi connectivity index (χ3n) is 3.45. The fourth-order valence-corrected chi connectivity index (χ4v) is 2.44. The Bertz CT molecular complexity index is 781. The van der Waals surface area contributed by atoms with Crippen LogP contribution in [0.1, 0.15) is 18.5 Å². The van der Waals surface area contributed by atoms with Gasteiger partial charge in [-0.15, -0.1) is 0 Å². The van der Waals surface area contributed by atoms with Gasteiger partial charge < -0.3 is 10.1 Å². The third-order valence-corrected chi connectivity index (χ3v) is 3.45. The van der Waals surface area contributed by atoms with Gasteiger partial charge in [-0.25, -0.2) is 9.18 Å². The lowest BCUT2D eigenvalue weighted by Crippen LogP contribution is -2.29. The maximum atomic E-state index is 13.2. The molecular formula is C15H14FN5O2. The fourth-order valence-electron chi connectivity index (χ4n) is 2.44. The Labute approximate surface area is 131 Å². The molecule has 0 radical (unpaired) electrons. The van der Waals surface area contributed by atoms with Crippen molar-refractivity contribution in [3.05, 3.63) is 59.6 Å². The van der Waals surface area contributed by atoms with E-state index in [0.29, 0.717) is 22.8 Å². The molecular weight excluding hydrogens is 301 g/mol. The molecule has 1 aliphatic rings. The quantitative estimate of drug-likeness (QED) is 0.685. The second-order valence-corrected chi connectivity index (χ2v) is 4.95. The Morgan fingerprint density at radius 1 is 1.48 bits per heavy atom. The van der Waals surface area contributed by atoms with Gasteiger partial charge in [0.25, 0.3) is 0 Å². The van der Waals surface area contributed by atoms with Crippen LogP contribution in [0.25, 0.3) is 0 Å². The number of aromatic nitrogens is 4. The lowest BCUT2D eigenvalue weighted by atomic mass is 9.96. The van der Waals surface area contributed by atoms with Crippen molar-refractivity contribution in [2.75, 3.05) is 11.9 Å². The largest absolute Gasteiger partial charge is 0.458 e. The first-order valence-electron chi connectivity index (χ1n) is 6.91. The molecule has 0 saturated carbocycles. The molecule has 0 aliphatic carbocycles. The van der Waals surface area contributed by atoms with Crippen molar-refractivity contribution in [3.63, 3.8) is 0 Å². The molecule has 0 bridgehead atoms. The summed E-state index contributed by atoms with van der Waals surface area (Å²) in [7, 11) is 0. The molecule has 2 heterocycles. The Balaban J connectivity index is 2.08. The number of anilines is 1. The van der Waals surface area contributed by atoms with Gasteiger partial charge in [0.1, 0.15) is 18.5 Å². The number of allylic oxidation sites excluding steroid dienone is 1. The minimum Gasteiger partial charge on any atom is -0.458 e. The topological polar surface area (TPSA) is 81.9 Å². The first-order chi connectivity index (χ1) is 11.1. The summed E-state index contributed by atoms with van der Waals surface area (Å²) in [6.45, 7) is 5.35. The average Bonchev–Trinajstić information content (AvgIpc) is 3.00. The monoisotopic (exact) mass is 315 g/mol. The van der Waals surface area contributed by atoms with Crippen molar-refractivity contribution in [2.24, 2.45) is 0 Å². The summed E-state index contributed by atoms with van der Waals surface area (Å²) >= 11 is 0. The Morgan fingerprint density at radius 3 is 2.91 bits per heavy atom. The molecule has 0 spiro atoms. The predicted octanol–water partition coefficient (Wildman–Crippen LogP) is 1.83. The minimum atomic E-state index is -0.598. The van der Waals surface area contributed by atoms with E-state index in [1.54, 1.807) is 19.1 Å². The summed E-state index contributed by atoms with van der Waals surface area (Å²) in [4.78, 5) is 12.4. The van der Waals surface area contributed by atoms with Gasteiger partial charge in [0.2, 0.25) is 5.95 Å². The Hall–Kier alpha value is -3.03. The van der Waals surface area contributed by atoms with E-state index in [-0.39, 0.29) is 12.4 Å². The first-order valence-corrected chi connectivity index (χ1v) is 6.91. The maximum absolute atomic E-state index is 13.2. The lowest BCUT2D eigenvalue weighted by molar-refractivity contribution is -0.138. The molecule has 1 atom stereocenters. The summed E-state index contributed by atoms with van der Waals surface area (Å²) < 4.78 is 19.8. The number of ether oxygens (including phenoxy) is 1. The molecule has 1 aliphatic heterocycles. The van der Waals surface area contributed by atoms with E-state index >= 15 is 0 Å². The summed E-state index contributed by atoms with van der Waals surface area (Å²) in [5.74, 6) is -0.474. The van der Waals surface area contributed by atoms with Crippen LogP contribution in [0.15, 0.2) is 48.2 Å². The van der Waals surface area contributed by atoms with Crippen molar-refractivity contribution in [1.82, 2.24) is 20.2 Å². The molecule has 23 heavy (non-hydrogen) atoms. The van der Waals surface area contributed by atoms with E-state index in [9.17, 15) is 9.18 Å². The number of halogens is 1. The SMILES string of the molecule is C=CCOC(=O)C1=C(C)Nc2nnnn2[C@@H]1c1ccc(F)cc1.